The summed E-state index contributed by atoms with van der Waals surface area (Å²) in [5, 5.41) is 10.7. The van der Waals surface area contributed by atoms with Crippen LogP contribution in [-0.2, 0) is 4.79 Å². The zero-order valence-corrected chi connectivity index (χ0v) is 12.5. The molecule has 7 nitrogen and oxygen atoms in total. The first-order valence-corrected chi connectivity index (χ1v) is 7.46. The lowest BCUT2D eigenvalue weighted by atomic mass is 10.2. The van der Waals surface area contributed by atoms with E-state index in [1.807, 2.05) is 18.3 Å². The van der Waals surface area contributed by atoms with Crippen molar-refractivity contribution in [2.75, 3.05) is 18.4 Å². The number of hydrogen-bond acceptors (Lipinski definition) is 6. The molecule has 0 radical (unpaired) electrons. The molecule has 0 aliphatic rings. The zero-order valence-electron chi connectivity index (χ0n) is 11.7. The number of aromatic nitrogens is 4. The quantitative estimate of drug-likeness (QED) is 0.675. The van der Waals surface area contributed by atoms with Crippen molar-refractivity contribution in [1.29, 1.82) is 0 Å². The molecule has 0 aromatic carbocycles. The number of amides is 1. The highest BCUT2D eigenvalue weighted by Gasteiger charge is 2.10. The van der Waals surface area contributed by atoms with Crippen LogP contribution < -0.4 is 10.6 Å². The predicted molar refractivity (Wildman–Crippen MR) is 85.8 cm³/mol. The number of carbonyl (C=O) groups excluding carboxylic acids is 1. The lowest BCUT2D eigenvalue weighted by molar-refractivity contribution is -0.119. The van der Waals surface area contributed by atoms with Crippen molar-refractivity contribution in [2.24, 2.45) is 0 Å². The van der Waals surface area contributed by atoms with Gasteiger partial charge >= 0.3 is 0 Å². The van der Waals surface area contributed by atoms with Crippen LogP contribution in [0.2, 0.25) is 0 Å². The molecule has 3 aromatic heterocycles. The molecule has 2 N–H and O–H groups in total. The average Bonchev–Trinajstić information content (AvgIpc) is 3.10. The summed E-state index contributed by atoms with van der Waals surface area (Å²) in [7, 11) is 0. The third kappa shape index (κ3) is 3.12. The van der Waals surface area contributed by atoms with Crippen molar-refractivity contribution in [3.05, 3.63) is 43.4 Å². The van der Waals surface area contributed by atoms with Gasteiger partial charge in [-0.05, 0) is 12.1 Å². The smallest absolute Gasteiger partial charge is 0.239 e. The van der Waals surface area contributed by atoms with Crippen LogP contribution in [0.1, 0.15) is 0 Å². The van der Waals surface area contributed by atoms with E-state index in [2.05, 4.69) is 32.3 Å². The van der Waals surface area contributed by atoms with Crippen molar-refractivity contribution >= 4 is 27.3 Å². The van der Waals surface area contributed by atoms with Gasteiger partial charge in [0.05, 0.1) is 18.4 Å². The molecule has 3 aromatic rings. The Kier molecular flexibility index (Phi) is 4.10. The van der Waals surface area contributed by atoms with Crippen molar-refractivity contribution in [2.45, 2.75) is 0 Å². The molecule has 0 aliphatic carbocycles. The number of anilines is 1. The first-order chi connectivity index (χ1) is 10.8. The molecular formula is C14H14N6OS. The van der Waals surface area contributed by atoms with E-state index in [0.717, 1.165) is 16.2 Å². The molecule has 112 valence electrons. The zero-order chi connectivity index (χ0) is 15.4. The van der Waals surface area contributed by atoms with Crippen LogP contribution >= 0.6 is 11.3 Å². The maximum Gasteiger partial charge on any atom is 0.239 e. The normalized spacial score (nSPS) is 10.5. The fraction of sp³-hybridized carbons (Fsp3) is 0.143. The standard InChI is InChI=1S/C14H14N6OS/c1-2-5-16-12(21)8-17-13-19-20-9-11(18-14(20)22-13)10-4-3-6-15-7-10/h2-4,6-7,9H,1,5,8H2,(H,16,21)(H,17,19). The summed E-state index contributed by atoms with van der Waals surface area (Å²) in [6.45, 7) is 4.17. The van der Waals surface area contributed by atoms with Crippen LogP contribution in [0.4, 0.5) is 5.13 Å². The van der Waals surface area contributed by atoms with Crippen molar-refractivity contribution < 1.29 is 4.79 Å². The molecule has 1 amide bonds. The molecule has 0 saturated heterocycles. The summed E-state index contributed by atoms with van der Waals surface area (Å²) in [5.74, 6) is -0.108. The largest absolute Gasteiger partial charge is 0.351 e. The van der Waals surface area contributed by atoms with Crippen molar-refractivity contribution in [3.8, 4) is 11.3 Å². The lowest BCUT2D eigenvalue weighted by Crippen LogP contribution is -2.29. The Bertz CT molecular complexity index is 763. The van der Waals surface area contributed by atoms with Gasteiger partial charge in [-0.15, -0.1) is 11.7 Å². The van der Waals surface area contributed by atoms with Gasteiger partial charge in [-0.1, -0.05) is 17.4 Å². The van der Waals surface area contributed by atoms with E-state index in [1.54, 1.807) is 23.0 Å². The molecule has 0 aliphatic heterocycles. The number of pyridine rings is 1. The highest BCUT2D eigenvalue weighted by atomic mass is 32.1. The minimum absolute atomic E-state index is 0.108. The predicted octanol–water partition coefficient (Wildman–Crippen LogP) is 1.57. The maximum atomic E-state index is 11.5. The van der Waals surface area contributed by atoms with Crippen LogP contribution in [-0.4, -0.2) is 38.6 Å². The van der Waals surface area contributed by atoms with Crippen LogP contribution in [0, 0.1) is 0 Å². The van der Waals surface area contributed by atoms with Gasteiger partial charge < -0.3 is 10.6 Å². The molecule has 0 saturated carbocycles. The Morgan fingerprint density at radius 2 is 2.41 bits per heavy atom. The van der Waals surface area contributed by atoms with Crippen LogP contribution in [0.5, 0.6) is 0 Å². The molecule has 22 heavy (non-hydrogen) atoms. The molecule has 0 fully saturated rings. The molecule has 0 atom stereocenters. The molecule has 8 heteroatoms. The van der Waals surface area contributed by atoms with E-state index in [0.29, 0.717) is 11.7 Å². The Labute approximate surface area is 130 Å². The molecular weight excluding hydrogens is 300 g/mol. The van der Waals surface area contributed by atoms with Gasteiger partial charge in [-0.3, -0.25) is 9.78 Å². The van der Waals surface area contributed by atoms with Crippen LogP contribution in [0.25, 0.3) is 16.2 Å². The first-order valence-electron chi connectivity index (χ1n) is 6.64. The second kappa shape index (κ2) is 6.35. The summed E-state index contributed by atoms with van der Waals surface area (Å²) in [6.07, 6.45) is 6.95. The fourth-order valence-electron chi connectivity index (χ4n) is 1.83. The highest BCUT2D eigenvalue weighted by molar-refractivity contribution is 7.20. The third-order valence-corrected chi connectivity index (χ3v) is 3.72. The van der Waals surface area contributed by atoms with E-state index in [4.69, 9.17) is 0 Å². The van der Waals surface area contributed by atoms with Gasteiger partial charge in [0.1, 0.15) is 0 Å². The second-order valence-corrected chi connectivity index (χ2v) is 5.40. The second-order valence-electron chi connectivity index (χ2n) is 4.45. The number of fused-ring (bicyclic) bond motifs is 1. The molecule has 3 rings (SSSR count). The summed E-state index contributed by atoms with van der Waals surface area (Å²) in [6, 6.07) is 3.81. The van der Waals surface area contributed by atoms with Gasteiger partial charge in [-0.25, -0.2) is 9.50 Å². The Balaban J connectivity index is 1.68. The summed E-state index contributed by atoms with van der Waals surface area (Å²) < 4.78 is 1.69. The van der Waals surface area contributed by atoms with E-state index >= 15 is 0 Å². The molecule has 3 heterocycles. The van der Waals surface area contributed by atoms with Gasteiger partial charge in [0, 0.05) is 24.5 Å². The minimum atomic E-state index is -0.108. The third-order valence-electron chi connectivity index (χ3n) is 2.84. The van der Waals surface area contributed by atoms with E-state index in [1.165, 1.54) is 11.3 Å². The minimum Gasteiger partial charge on any atom is -0.351 e. The van der Waals surface area contributed by atoms with Gasteiger partial charge in [-0.2, -0.15) is 0 Å². The topological polar surface area (TPSA) is 84.2 Å². The van der Waals surface area contributed by atoms with E-state index in [9.17, 15) is 4.79 Å². The Morgan fingerprint density at radius 3 is 3.14 bits per heavy atom. The summed E-state index contributed by atoms with van der Waals surface area (Å²) in [5.41, 5.74) is 1.76. The van der Waals surface area contributed by atoms with Gasteiger partial charge in [0.15, 0.2) is 0 Å². The lowest BCUT2D eigenvalue weighted by Gasteiger charge is -2.02. The van der Waals surface area contributed by atoms with E-state index < -0.39 is 0 Å². The van der Waals surface area contributed by atoms with Crippen molar-refractivity contribution in [3.63, 3.8) is 0 Å². The highest BCUT2D eigenvalue weighted by Crippen LogP contribution is 2.23. The number of imidazole rings is 1. The fourth-order valence-corrected chi connectivity index (χ4v) is 2.61. The first kappa shape index (κ1) is 14.2. The number of rotatable bonds is 6. The molecule has 0 unspecified atom stereocenters. The number of nitrogens with zero attached hydrogens (tertiary/aromatic N) is 4. The van der Waals surface area contributed by atoms with Gasteiger partial charge in [0.2, 0.25) is 16.0 Å². The SMILES string of the molecule is C=CCNC(=O)CNc1nn2cc(-c3cccnc3)nc2s1. The van der Waals surface area contributed by atoms with Crippen LogP contribution in [0.3, 0.4) is 0 Å². The number of hydrogen-bond donors (Lipinski definition) is 2. The van der Waals surface area contributed by atoms with Gasteiger partial charge in [0.25, 0.3) is 0 Å². The van der Waals surface area contributed by atoms with Crippen molar-refractivity contribution in [1.82, 2.24) is 24.9 Å². The van der Waals surface area contributed by atoms with Crippen LogP contribution in [0.15, 0.2) is 43.4 Å². The average molecular weight is 314 g/mol. The Morgan fingerprint density at radius 1 is 1.50 bits per heavy atom. The number of nitrogens with one attached hydrogen (secondary N) is 2. The molecule has 0 spiro atoms. The Hall–Kier alpha value is -2.74. The summed E-state index contributed by atoms with van der Waals surface area (Å²) in [4.78, 5) is 20.8. The van der Waals surface area contributed by atoms with E-state index in [-0.39, 0.29) is 12.5 Å². The summed E-state index contributed by atoms with van der Waals surface area (Å²) >= 11 is 1.39. The number of carbonyl (C=O) groups is 1. The monoisotopic (exact) mass is 314 g/mol. The maximum absolute atomic E-state index is 11.5. The molecule has 0 bridgehead atoms.